The summed E-state index contributed by atoms with van der Waals surface area (Å²) in [5.41, 5.74) is 4.21. The van der Waals surface area contributed by atoms with Crippen LogP contribution in [0.4, 0.5) is 5.69 Å². The highest BCUT2D eigenvalue weighted by atomic mass is 16.7. The van der Waals surface area contributed by atoms with Crippen molar-refractivity contribution in [1.82, 2.24) is 0 Å². The van der Waals surface area contributed by atoms with Crippen LogP contribution >= 0.6 is 0 Å². The van der Waals surface area contributed by atoms with Crippen LogP contribution in [0.15, 0.2) is 18.2 Å². The first-order valence-corrected chi connectivity index (χ1v) is 5.47. The molecule has 0 saturated heterocycles. The number of hydrogen-bond acceptors (Lipinski definition) is 2. The Hall–Kier alpha value is -1.02. The van der Waals surface area contributed by atoms with Crippen molar-refractivity contribution in [2.45, 2.75) is 32.6 Å². The van der Waals surface area contributed by atoms with Crippen molar-refractivity contribution < 1.29 is 4.84 Å². The molecule has 1 aromatic carbocycles. The third kappa shape index (κ3) is 1.86. The second-order valence-electron chi connectivity index (χ2n) is 5.13. The lowest BCUT2D eigenvalue weighted by Gasteiger charge is -2.22. The molecule has 82 valence electrons. The molecule has 1 aliphatic rings. The first-order chi connectivity index (χ1) is 7.02. The number of hydrogen-bond donors (Lipinski definition) is 0. The average Bonchev–Trinajstić information content (AvgIpc) is 2.57. The first kappa shape index (κ1) is 10.5. The fourth-order valence-corrected chi connectivity index (χ4v) is 2.01. The van der Waals surface area contributed by atoms with E-state index in [1.165, 1.54) is 16.8 Å². The predicted octanol–water partition coefficient (Wildman–Crippen LogP) is 2.91. The van der Waals surface area contributed by atoms with Gasteiger partial charge in [-0.05, 0) is 29.0 Å². The molecule has 0 saturated carbocycles. The summed E-state index contributed by atoms with van der Waals surface area (Å²) in [6.45, 7) is 7.68. The molecular formula is C13H19NO. The van der Waals surface area contributed by atoms with Gasteiger partial charge >= 0.3 is 0 Å². The largest absolute Gasteiger partial charge is 0.277 e. The van der Waals surface area contributed by atoms with Gasteiger partial charge < -0.3 is 0 Å². The standard InChI is InChI=1S/C13H19NO/c1-13(2,3)11-6-5-10-7-8-14(15-4)12(10)9-11/h5-6,9H,7-8H2,1-4H3. The van der Waals surface area contributed by atoms with Gasteiger partial charge in [-0.1, -0.05) is 32.9 Å². The summed E-state index contributed by atoms with van der Waals surface area (Å²) < 4.78 is 0. The summed E-state index contributed by atoms with van der Waals surface area (Å²) in [7, 11) is 1.73. The molecule has 1 aromatic rings. The minimum absolute atomic E-state index is 0.205. The lowest BCUT2D eigenvalue weighted by molar-refractivity contribution is 0.174. The van der Waals surface area contributed by atoms with Gasteiger partial charge in [0.25, 0.3) is 0 Å². The SMILES string of the molecule is CON1CCc2ccc(C(C)(C)C)cc21. The van der Waals surface area contributed by atoms with Crippen molar-refractivity contribution >= 4 is 5.69 Å². The van der Waals surface area contributed by atoms with E-state index in [4.69, 9.17) is 4.84 Å². The van der Waals surface area contributed by atoms with E-state index in [2.05, 4.69) is 39.0 Å². The minimum atomic E-state index is 0.205. The zero-order chi connectivity index (χ0) is 11.1. The molecule has 0 atom stereocenters. The number of rotatable bonds is 1. The van der Waals surface area contributed by atoms with Crippen molar-refractivity contribution in [2.24, 2.45) is 0 Å². The van der Waals surface area contributed by atoms with Crippen molar-refractivity contribution in [3.8, 4) is 0 Å². The van der Waals surface area contributed by atoms with Crippen molar-refractivity contribution in [1.29, 1.82) is 0 Å². The van der Waals surface area contributed by atoms with Crippen LogP contribution in [0.2, 0.25) is 0 Å². The van der Waals surface area contributed by atoms with Crippen LogP contribution in [-0.4, -0.2) is 13.7 Å². The normalized spacial score (nSPS) is 15.6. The van der Waals surface area contributed by atoms with E-state index in [1.807, 2.05) is 5.06 Å². The molecule has 0 amide bonds. The molecule has 0 aromatic heterocycles. The lowest BCUT2D eigenvalue weighted by atomic mass is 9.86. The van der Waals surface area contributed by atoms with Gasteiger partial charge in [-0.2, -0.15) is 0 Å². The van der Waals surface area contributed by atoms with Crippen LogP contribution in [0.1, 0.15) is 31.9 Å². The molecule has 1 heterocycles. The number of anilines is 1. The average molecular weight is 205 g/mol. The zero-order valence-electron chi connectivity index (χ0n) is 10.0. The third-order valence-electron chi connectivity index (χ3n) is 3.02. The van der Waals surface area contributed by atoms with Crippen molar-refractivity contribution in [2.75, 3.05) is 18.7 Å². The molecule has 15 heavy (non-hydrogen) atoms. The molecule has 0 fully saturated rings. The van der Waals surface area contributed by atoms with Gasteiger partial charge in [0, 0.05) is 6.54 Å². The molecule has 0 spiro atoms. The fraction of sp³-hybridized carbons (Fsp3) is 0.538. The summed E-state index contributed by atoms with van der Waals surface area (Å²) in [6.07, 6.45) is 1.09. The second-order valence-corrected chi connectivity index (χ2v) is 5.13. The number of benzene rings is 1. The highest BCUT2D eigenvalue weighted by Crippen LogP contribution is 2.33. The van der Waals surface area contributed by atoms with Crippen LogP contribution in [0.5, 0.6) is 0 Å². The Morgan fingerprint density at radius 2 is 2.00 bits per heavy atom. The topological polar surface area (TPSA) is 12.5 Å². The van der Waals surface area contributed by atoms with Crippen LogP contribution < -0.4 is 5.06 Å². The van der Waals surface area contributed by atoms with Crippen LogP contribution in [-0.2, 0) is 16.7 Å². The van der Waals surface area contributed by atoms with Crippen molar-refractivity contribution in [3.63, 3.8) is 0 Å². The molecule has 1 aliphatic heterocycles. The Morgan fingerprint density at radius 1 is 1.27 bits per heavy atom. The molecule has 0 radical (unpaired) electrons. The molecule has 0 N–H and O–H groups in total. The molecule has 0 aliphatic carbocycles. The smallest absolute Gasteiger partial charge is 0.0672 e. The summed E-state index contributed by atoms with van der Waals surface area (Å²) in [5, 5.41) is 1.98. The Kier molecular flexibility index (Phi) is 2.47. The molecule has 0 bridgehead atoms. The Bertz CT molecular complexity index is 365. The molecule has 2 rings (SSSR count). The quantitative estimate of drug-likeness (QED) is 0.699. The van der Waals surface area contributed by atoms with Gasteiger partial charge in [0.15, 0.2) is 0 Å². The van der Waals surface area contributed by atoms with E-state index < -0.39 is 0 Å². The Labute approximate surface area is 91.8 Å². The van der Waals surface area contributed by atoms with E-state index in [9.17, 15) is 0 Å². The lowest BCUT2D eigenvalue weighted by Crippen LogP contribution is -2.19. The molecule has 2 nitrogen and oxygen atoms in total. The highest BCUT2D eigenvalue weighted by molar-refractivity contribution is 5.58. The number of hydroxylamine groups is 1. The van der Waals surface area contributed by atoms with E-state index in [1.54, 1.807) is 7.11 Å². The van der Waals surface area contributed by atoms with Crippen LogP contribution in [0, 0.1) is 0 Å². The summed E-state index contributed by atoms with van der Waals surface area (Å²) >= 11 is 0. The second kappa shape index (κ2) is 3.53. The molecule has 0 unspecified atom stereocenters. The maximum absolute atomic E-state index is 5.34. The minimum Gasteiger partial charge on any atom is -0.277 e. The maximum Gasteiger partial charge on any atom is 0.0672 e. The van der Waals surface area contributed by atoms with Gasteiger partial charge in [-0.15, -0.1) is 0 Å². The molecule has 2 heteroatoms. The molecular weight excluding hydrogens is 186 g/mol. The van der Waals surface area contributed by atoms with Gasteiger partial charge in [0.05, 0.1) is 12.8 Å². The predicted molar refractivity (Wildman–Crippen MR) is 63.2 cm³/mol. The fourth-order valence-electron chi connectivity index (χ4n) is 2.01. The first-order valence-electron chi connectivity index (χ1n) is 5.47. The Morgan fingerprint density at radius 3 is 2.60 bits per heavy atom. The van der Waals surface area contributed by atoms with E-state index in [-0.39, 0.29) is 5.41 Å². The number of fused-ring (bicyclic) bond motifs is 1. The van der Waals surface area contributed by atoms with Crippen LogP contribution in [0.3, 0.4) is 0 Å². The summed E-state index contributed by atoms with van der Waals surface area (Å²) in [6, 6.07) is 6.72. The third-order valence-corrected chi connectivity index (χ3v) is 3.02. The van der Waals surface area contributed by atoms with Crippen LogP contribution in [0.25, 0.3) is 0 Å². The van der Waals surface area contributed by atoms with E-state index in [0.717, 1.165) is 13.0 Å². The van der Waals surface area contributed by atoms with Crippen molar-refractivity contribution in [3.05, 3.63) is 29.3 Å². The van der Waals surface area contributed by atoms with Gasteiger partial charge in [0.2, 0.25) is 0 Å². The van der Waals surface area contributed by atoms with Gasteiger partial charge in [0.1, 0.15) is 0 Å². The van der Waals surface area contributed by atoms with Gasteiger partial charge in [-0.25, -0.2) is 0 Å². The summed E-state index contributed by atoms with van der Waals surface area (Å²) in [5.74, 6) is 0. The van der Waals surface area contributed by atoms with E-state index in [0.29, 0.717) is 0 Å². The highest BCUT2D eigenvalue weighted by Gasteiger charge is 2.22. The monoisotopic (exact) mass is 205 g/mol. The maximum atomic E-state index is 5.34. The Balaban J connectivity index is 2.41. The van der Waals surface area contributed by atoms with Gasteiger partial charge in [-0.3, -0.25) is 9.90 Å². The van der Waals surface area contributed by atoms with E-state index >= 15 is 0 Å². The number of nitrogens with zero attached hydrogens (tertiary/aromatic N) is 1. The summed E-state index contributed by atoms with van der Waals surface area (Å²) in [4.78, 5) is 5.34. The zero-order valence-corrected chi connectivity index (χ0v) is 10.0.